The maximum Gasteiger partial charge on any atom is 0.330 e. The van der Waals surface area contributed by atoms with Gasteiger partial charge in [0.2, 0.25) is 5.95 Å². The Balaban J connectivity index is 2.27. The van der Waals surface area contributed by atoms with Gasteiger partial charge in [0.15, 0.2) is 11.6 Å². The van der Waals surface area contributed by atoms with E-state index in [1.807, 2.05) is 6.07 Å². The molecule has 21 heavy (non-hydrogen) atoms. The number of ether oxygens (including phenoxy) is 2. The Hall–Kier alpha value is -2.95. The van der Waals surface area contributed by atoms with Gasteiger partial charge >= 0.3 is 12.0 Å². The smallest absolute Gasteiger partial charge is 0.330 e. The van der Waals surface area contributed by atoms with E-state index in [-0.39, 0.29) is 35.4 Å². The lowest BCUT2D eigenvalue weighted by Gasteiger charge is -2.09. The Morgan fingerprint density at radius 1 is 1.24 bits per heavy atom. The molecule has 0 fully saturated rings. The molecule has 0 saturated carbocycles. The van der Waals surface area contributed by atoms with E-state index in [0.29, 0.717) is 0 Å². The molecule has 0 bridgehead atoms. The largest absolute Gasteiger partial charge is 0.461 e. The van der Waals surface area contributed by atoms with E-state index < -0.39 is 5.82 Å². The van der Waals surface area contributed by atoms with Crippen LogP contribution >= 0.6 is 0 Å². The van der Waals surface area contributed by atoms with Crippen LogP contribution < -0.4 is 15.2 Å². The third-order valence-corrected chi connectivity index (χ3v) is 2.22. The molecule has 0 spiro atoms. The van der Waals surface area contributed by atoms with Crippen LogP contribution in [-0.4, -0.2) is 21.1 Å². The van der Waals surface area contributed by atoms with Crippen LogP contribution in [0.25, 0.3) is 0 Å². The standard InChI is InChI=1S/C13H12FN5O2/c1-7(2)20-12-17-11(16)18-13(19-12)21-10-4-3-8(6-15)5-9(10)14/h3-5,7H,1-2H3,(H2,16,17,18,19). The molecule has 0 amide bonds. The summed E-state index contributed by atoms with van der Waals surface area (Å²) in [6.07, 6.45) is -0.161. The van der Waals surface area contributed by atoms with Crippen LogP contribution in [0, 0.1) is 17.1 Å². The zero-order valence-electron chi connectivity index (χ0n) is 11.4. The molecule has 2 aromatic rings. The molecule has 108 valence electrons. The molecule has 0 aliphatic carbocycles. The third-order valence-electron chi connectivity index (χ3n) is 2.22. The van der Waals surface area contributed by atoms with Gasteiger partial charge in [-0.1, -0.05) is 0 Å². The Morgan fingerprint density at radius 3 is 2.57 bits per heavy atom. The second-order valence-corrected chi connectivity index (χ2v) is 4.28. The summed E-state index contributed by atoms with van der Waals surface area (Å²) >= 11 is 0. The zero-order valence-corrected chi connectivity index (χ0v) is 11.4. The predicted molar refractivity (Wildman–Crippen MR) is 71.2 cm³/mol. The second-order valence-electron chi connectivity index (χ2n) is 4.28. The highest BCUT2D eigenvalue weighted by atomic mass is 19.1. The summed E-state index contributed by atoms with van der Waals surface area (Å²) in [7, 11) is 0. The normalized spacial score (nSPS) is 10.2. The van der Waals surface area contributed by atoms with Crippen molar-refractivity contribution < 1.29 is 13.9 Å². The van der Waals surface area contributed by atoms with Crippen LogP contribution in [0.1, 0.15) is 19.4 Å². The molecule has 8 heteroatoms. The van der Waals surface area contributed by atoms with Gasteiger partial charge in [0.05, 0.1) is 17.7 Å². The van der Waals surface area contributed by atoms with Gasteiger partial charge in [0.1, 0.15) is 0 Å². The summed E-state index contributed by atoms with van der Waals surface area (Å²) in [5.41, 5.74) is 5.69. The quantitative estimate of drug-likeness (QED) is 0.917. The van der Waals surface area contributed by atoms with Gasteiger partial charge in [0, 0.05) is 0 Å². The molecule has 0 aliphatic rings. The fraction of sp³-hybridized carbons (Fsp3) is 0.231. The van der Waals surface area contributed by atoms with Crippen molar-refractivity contribution in [1.82, 2.24) is 15.0 Å². The van der Waals surface area contributed by atoms with Crippen molar-refractivity contribution in [3.8, 4) is 23.8 Å². The Morgan fingerprint density at radius 2 is 1.95 bits per heavy atom. The first-order chi connectivity index (χ1) is 9.97. The average molecular weight is 289 g/mol. The number of nitrogen functional groups attached to an aromatic ring is 1. The number of anilines is 1. The third kappa shape index (κ3) is 3.76. The maximum atomic E-state index is 13.7. The van der Waals surface area contributed by atoms with Gasteiger partial charge in [0.25, 0.3) is 0 Å². The highest BCUT2D eigenvalue weighted by Gasteiger charge is 2.12. The number of nitrogens with two attached hydrogens (primary N) is 1. The summed E-state index contributed by atoms with van der Waals surface area (Å²) in [5, 5.41) is 8.68. The minimum Gasteiger partial charge on any atom is -0.461 e. The van der Waals surface area contributed by atoms with Gasteiger partial charge < -0.3 is 15.2 Å². The van der Waals surface area contributed by atoms with Crippen molar-refractivity contribution in [3.63, 3.8) is 0 Å². The van der Waals surface area contributed by atoms with E-state index in [9.17, 15) is 4.39 Å². The summed E-state index contributed by atoms with van der Waals surface area (Å²) in [6.45, 7) is 3.58. The molecule has 1 aromatic carbocycles. The first kappa shape index (κ1) is 14.5. The number of aromatic nitrogens is 3. The molecule has 2 N–H and O–H groups in total. The first-order valence-corrected chi connectivity index (χ1v) is 6.03. The van der Waals surface area contributed by atoms with Gasteiger partial charge in [-0.3, -0.25) is 0 Å². The van der Waals surface area contributed by atoms with Crippen LogP contribution in [0.5, 0.6) is 17.8 Å². The van der Waals surface area contributed by atoms with Crippen LogP contribution in [0.15, 0.2) is 18.2 Å². The molecule has 0 aliphatic heterocycles. The summed E-state index contributed by atoms with van der Waals surface area (Å²) in [5.74, 6) is -0.945. The molecule has 0 unspecified atom stereocenters. The van der Waals surface area contributed by atoms with Crippen molar-refractivity contribution in [1.29, 1.82) is 5.26 Å². The number of nitriles is 1. The van der Waals surface area contributed by atoms with Gasteiger partial charge in [-0.05, 0) is 32.0 Å². The number of halogens is 1. The van der Waals surface area contributed by atoms with Gasteiger partial charge in [-0.2, -0.15) is 15.2 Å². The predicted octanol–water partition coefficient (Wildman–Crippen LogP) is 2.04. The van der Waals surface area contributed by atoms with E-state index >= 15 is 0 Å². The lowest BCUT2D eigenvalue weighted by molar-refractivity contribution is 0.218. The number of hydrogen-bond acceptors (Lipinski definition) is 7. The second kappa shape index (κ2) is 6.00. The van der Waals surface area contributed by atoms with E-state index in [2.05, 4.69) is 15.0 Å². The van der Waals surface area contributed by atoms with Crippen LogP contribution in [0.4, 0.5) is 10.3 Å². The Labute approximate surface area is 120 Å². The summed E-state index contributed by atoms with van der Waals surface area (Å²) in [4.78, 5) is 11.4. The molecule has 0 radical (unpaired) electrons. The summed E-state index contributed by atoms with van der Waals surface area (Å²) in [6, 6.07) is 5.38. The van der Waals surface area contributed by atoms with Crippen LogP contribution in [0.2, 0.25) is 0 Å². The van der Waals surface area contributed by atoms with Crippen molar-refractivity contribution in [2.75, 3.05) is 5.73 Å². The molecule has 2 rings (SSSR count). The van der Waals surface area contributed by atoms with E-state index in [4.69, 9.17) is 20.5 Å². The van der Waals surface area contributed by atoms with Crippen molar-refractivity contribution in [2.24, 2.45) is 0 Å². The fourth-order valence-corrected chi connectivity index (χ4v) is 1.41. The van der Waals surface area contributed by atoms with Gasteiger partial charge in [-0.15, -0.1) is 4.98 Å². The SMILES string of the molecule is CC(C)Oc1nc(N)nc(Oc2ccc(C#N)cc2F)n1. The molecule has 0 atom stereocenters. The monoisotopic (exact) mass is 289 g/mol. The molecule has 7 nitrogen and oxygen atoms in total. The van der Waals surface area contributed by atoms with Crippen LogP contribution in [0.3, 0.4) is 0 Å². The summed E-state index contributed by atoms with van der Waals surface area (Å²) < 4.78 is 24.2. The molecule has 1 aromatic heterocycles. The highest BCUT2D eigenvalue weighted by molar-refractivity contribution is 5.37. The zero-order chi connectivity index (χ0) is 15.4. The fourth-order valence-electron chi connectivity index (χ4n) is 1.41. The minimum atomic E-state index is -0.709. The maximum absolute atomic E-state index is 13.7. The lowest BCUT2D eigenvalue weighted by Crippen LogP contribution is -2.11. The first-order valence-electron chi connectivity index (χ1n) is 6.03. The number of rotatable bonds is 4. The van der Waals surface area contributed by atoms with Gasteiger partial charge in [-0.25, -0.2) is 4.39 Å². The van der Waals surface area contributed by atoms with E-state index in [1.165, 1.54) is 12.1 Å². The molecule has 1 heterocycles. The van der Waals surface area contributed by atoms with Crippen LogP contribution in [-0.2, 0) is 0 Å². The van der Waals surface area contributed by atoms with E-state index in [0.717, 1.165) is 6.07 Å². The molecular weight excluding hydrogens is 277 g/mol. The van der Waals surface area contributed by atoms with Crippen molar-refractivity contribution in [2.45, 2.75) is 20.0 Å². The Bertz CT molecular complexity index is 699. The minimum absolute atomic E-state index is 0.0125. The average Bonchev–Trinajstić information content (AvgIpc) is 2.39. The lowest BCUT2D eigenvalue weighted by atomic mass is 10.2. The number of benzene rings is 1. The highest BCUT2D eigenvalue weighted by Crippen LogP contribution is 2.24. The molecule has 0 saturated heterocycles. The number of hydrogen-bond donors (Lipinski definition) is 1. The topological polar surface area (TPSA) is 107 Å². The number of nitrogens with zero attached hydrogens (tertiary/aromatic N) is 4. The van der Waals surface area contributed by atoms with E-state index in [1.54, 1.807) is 13.8 Å². The Kier molecular flexibility index (Phi) is 4.13. The van der Waals surface area contributed by atoms with Crippen molar-refractivity contribution in [3.05, 3.63) is 29.6 Å². The van der Waals surface area contributed by atoms with Crippen molar-refractivity contribution >= 4 is 5.95 Å². The molecular formula is C13H12FN5O2.